The molecule has 19 heavy (non-hydrogen) atoms. The van der Waals surface area contributed by atoms with Crippen LogP contribution in [0.25, 0.3) is 0 Å². The van der Waals surface area contributed by atoms with E-state index >= 15 is 0 Å². The fourth-order valence-corrected chi connectivity index (χ4v) is 1.60. The predicted octanol–water partition coefficient (Wildman–Crippen LogP) is 2.13. The molecule has 100 valence electrons. The summed E-state index contributed by atoms with van der Waals surface area (Å²) in [7, 11) is 1.61. The van der Waals surface area contributed by atoms with Crippen molar-refractivity contribution in [1.29, 1.82) is 0 Å². The van der Waals surface area contributed by atoms with Gasteiger partial charge in [-0.05, 0) is 24.1 Å². The van der Waals surface area contributed by atoms with Crippen molar-refractivity contribution in [2.45, 2.75) is 13.3 Å². The van der Waals surface area contributed by atoms with Gasteiger partial charge in [0.25, 0.3) is 0 Å². The van der Waals surface area contributed by atoms with Crippen LogP contribution in [0.2, 0.25) is 0 Å². The molecule has 3 N–H and O–H groups in total. The van der Waals surface area contributed by atoms with Gasteiger partial charge in [-0.2, -0.15) is 0 Å². The Morgan fingerprint density at radius 3 is 2.74 bits per heavy atom. The van der Waals surface area contributed by atoms with Crippen molar-refractivity contribution in [3.8, 4) is 17.4 Å². The van der Waals surface area contributed by atoms with Gasteiger partial charge in [0.1, 0.15) is 12.1 Å². The van der Waals surface area contributed by atoms with Crippen LogP contribution in [0.3, 0.4) is 0 Å². The quantitative estimate of drug-likeness (QED) is 0.633. The van der Waals surface area contributed by atoms with Gasteiger partial charge in [-0.3, -0.25) is 0 Å². The summed E-state index contributed by atoms with van der Waals surface area (Å²) in [5.74, 6) is 7.43. The predicted molar refractivity (Wildman–Crippen MR) is 72.3 cm³/mol. The van der Waals surface area contributed by atoms with Crippen molar-refractivity contribution in [1.82, 2.24) is 9.97 Å². The lowest BCUT2D eigenvalue weighted by atomic mass is 10.1. The highest BCUT2D eigenvalue weighted by Gasteiger charge is 2.08. The van der Waals surface area contributed by atoms with Crippen molar-refractivity contribution in [3.05, 3.63) is 36.2 Å². The van der Waals surface area contributed by atoms with Crippen LogP contribution in [-0.4, -0.2) is 17.1 Å². The maximum absolute atomic E-state index is 5.67. The largest absolute Gasteiger partial charge is 0.493 e. The summed E-state index contributed by atoms with van der Waals surface area (Å²) in [5, 5.41) is 0. The molecule has 6 heteroatoms. The van der Waals surface area contributed by atoms with Gasteiger partial charge in [-0.1, -0.05) is 13.0 Å². The van der Waals surface area contributed by atoms with Gasteiger partial charge in [0.05, 0.1) is 7.11 Å². The first-order valence-corrected chi connectivity index (χ1v) is 5.90. The number of hydrogen-bond donors (Lipinski definition) is 2. The third-order valence-electron chi connectivity index (χ3n) is 2.64. The van der Waals surface area contributed by atoms with E-state index in [9.17, 15) is 0 Å². The molecule has 0 fully saturated rings. The third kappa shape index (κ3) is 3.11. The molecule has 0 amide bonds. The summed E-state index contributed by atoms with van der Waals surface area (Å²) in [5.41, 5.74) is 3.61. The fourth-order valence-electron chi connectivity index (χ4n) is 1.60. The average Bonchev–Trinajstić information content (AvgIpc) is 2.48. The second kappa shape index (κ2) is 6.01. The number of benzene rings is 1. The lowest BCUT2D eigenvalue weighted by Crippen LogP contribution is -2.08. The molecule has 2 aromatic rings. The molecule has 2 rings (SSSR count). The summed E-state index contributed by atoms with van der Waals surface area (Å²) >= 11 is 0. The lowest BCUT2D eigenvalue weighted by Gasteiger charge is -2.11. The minimum absolute atomic E-state index is 0.394. The van der Waals surface area contributed by atoms with Gasteiger partial charge in [0.2, 0.25) is 5.88 Å². The van der Waals surface area contributed by atoms with E-state index in [4.69, 9.17) is 15.3 Å². The van der Waals surface area contributed by atoms with Gasteiger partial charge in [0, 0.05) is 6.07 Å². The number of nitrogens with zero attached hydrogens (tertiary/aromatic N) is 2. The first kappa shape index (κ1) is 13.1. The zero-order valence-corrected chi connectivity index (χ0v) is 10.9. The van der Waals surface area contributed by atoms with E-state index in [0.29, 0.717) is 23.2 Å². The number of nitrogen functional groups attached to an aromatic ring is 1. The topological polar surface area (TPSA) is 82.3 Å². The molecule has 0 spiro atoms. The van der Waals surface area contributed by atoms with Gasteiger partial charge in [-0.15, -0.1) is 0 Å². The van der Waals surface area contributed by atoms with Gasteiger partial charge >= 0.3 is 0 Å². The first-order chi connectivity index (χ1) is 9.26. The monoisotopic (exact) mass is 260 g/mol. The molecule has 0 atom stereocenters. The summed E-state index contributed by atoms with van der Waals surface area (Å²) in [6.45, 7) is 2.08. The standard InChI is InChI=1S/C13H16N4O2/c1-3-9-4-5-10(11(6-9)18-2)19-13-7-12(17-14)15-8-16-13/h4-8H,3,14H2,1-2H3,(H,15,16,17). The zero-order chi connectivity index (χ0) is 13.7. The molecule has 0 bridgehead atoms. The molecule has 1 aromatic heterocycles. The van der Waals surface area contributed by atoms with Gasteiger partial charge < -0.3 is 14.9 Å². The Balaban J connectivity index is 2.26. The molecule has 1 heterocycles. The van der Waals surface area contributed by atoms with E-state index in [1.807, 2.05) is 18.2 Å². The third-order valence-corrected chi connectivity index (χ3v) is 2.64. The number of nitrogens with one attached hydrogen (secondary N) is 1. The van der Waals surface area contributed by atoms with Crippen LogP contribution in [0, 0.1) is 0 Å². The minimum atomic E-state index is 0.394. The highest BCUT2D eigenvalue weighted by atomic mass is 16.5. The van der Waals surface area contributed by atoms with Crippen molar-refractivity contribution in [2.75, 3.05) is 12.5 Å². The van der Waals surface area contributed by atoms with E-state index in [-0.39, 0.29) is 0 Å². The first-order valence-electron chi connectivity index (χ1n) is 5.90. The minimum Gasteiger partial charge on any atom is -0.493 e. The highest BCUT2D eigenvalue weighted by Crippen LogP contribution is 2.31. The van der Waals surface area contributed by atoms with E-state index in [2.05, 4.69) is 22.3 Å². The van der Waals surface area contributed by atoms with Gasteiger partial charge in [0.15, 0.2) is 11.5 Å². The second-order valence-electron chi connectivity index (χ2n) is 3.83. The van der Waals surface area contributed by atoms with E-state index < -0.39 is 0 Å². The Hall–Kier alpha value is -2.34. The van der Waals surface area contributed by atoms with Crippen LogP contribution < -0.4 is 20.7 Å². The number of aromatic nitrogens is 2. The molecular formula is C13H16N4O2. The Bertz CT molecular complexity index is 560. The van der Waals surface area contributed by atoms with Crippen LogP contribution in [0.4, 0.5) is 5.82 Å². The fraction of sp³-hybridized carbons (Fsp3) is 0.231. The molecule has 0 aliphatic heterocycles. The summed E-state index contributed by atoms with van der Waals surface area (Å²) in [6.07, 6.45) is 2.31. The van der Waals surface area contributed by atoms with Crippen molar-refractivity contribution < 1.29 is 9.47 Å². The van der Waals surface area contributed by atoms with Crippen LogP contribution in [0.5, 0.6) is 17.4 Å². The summed E-state index contributed by atoms with van der Waals surface area (Å²) in [6, 6.07) is 7.39. The molecule has 0 saturated carbocycles. The van der Waals surface area contributed by atoms with E-state index in [1.165, 1.54) is 11.9 Å². The number of ether oxygens (including phenoxy) is 2. The van der Waals surface area contributed by atoms with Crippen molar-refractivity contribution in [3.63, 3.8) is 0 Å². The molecule has 0 unspecified atom stereocenters. The maximum Gasteiger partial charge on any atom is 0.224 e. The normalized spacial score (nSPS) is 10.1. The Morgan fingerprint density at radius 1 is 1.21 bits per heavy atom. The lowest BCUT2D eigenvalue weighted by molar-refractivity contribution is 0.373. The number of rotatable bonds is 5. The summed E-state index contributed by atoms with van der Waals surface area (Å²) in [4.78, 5) is 7.93. The Kier molecular flexibility index (Phi) is 4.15. The van der Waals surface area contributed by atoms with Crippen LogP contribution in [0.1, 0.15) is 12.5 Å². The van der Waals surface area contributed by atoms with Crippen molar-refractivity contribution in [2.24, 2.45) is 5.84 Å². The molecular weight excluding hydrogens is 244 g/mol. The SMILES string of the molecule is CCc1ccc(Oc2cc(NN)ncn2)c(OC)c1. The zero-order valence-electron chi connectivity index (χ0n) is 10.9. The second-order valence-corrected chi connectivity index (χ2v) is 3.83. The van der Waals surface area contributed by atoms with Crippen LogP contribution >= 0.6 is 0 Å². The number of methoxy groups -OCH3 is 1. The molecule has 0 radical (unpaired) electrons. The molecule has 6 nitrogen and oxygen atoms in total. The molecule has 0 aliphatic rings. The Labute approximate surface area is 111 Å². The molecule has 0 saturated heterocycles. The highest BCUT2D eigenvalue weighted by molar-refractivity contribution is 5.45. The number of anilines is 1. The number of hydrogen-bond acceptors (Lipinski definition) is 6. The van der Waals surface area contributed by atoms with E-state index in [0.717, 1.165) is 6.42 Å². The maximum atomic E-state index is 5.67. The van der Waals surface area contributed by atoms with Crippen molar-refractivity contribution >= 4 is 5.82 Å². The Morgan fingerprint density at radius 2 is 2.05 bits per heavy atom. The molecule has 0 aliphatic carbocycles. The van der Waals surface area contributed by atoms with Crippen LogP contribution in [0.15, 0.2) is 30.6 Å². The number of hydrazine groups is 1. The average molecular weight is 260 g/mol. The van der Waals surface area contributed by atoms with E-state index in [1.54, 1.807) is 13.2 Å². The van der Waals surface area contributed by atoms with Gasteiger partial charge in [-0.25, -0.2) is 15.8 Å². The number of nitrogens with two attached hydrogens (primary N) is 1. The summed E-state index contributed by atoms with van der Waals surface area (Å²) < 4.78 is 11.0. The molecule has 1 aromatic carbocycles. The van der Waals surface area contributed by atoms with Crippen LogP contribution in [-0.2, 0) is 6.42 Å². The smallest absolute Gasteiger partial charge is 0.224 e. The number of aryl methyl sites for hydroxylation is 1.